The topological polar surface area (TPSA) is 150 Å². The molecule has 0 radical (unpaired) electrons. The Morgan fingerprint density at radius 1 is 1.28 bits per heavy atom. The fourth-order valence-corrected chi connectivity index (χ4v) is 5.21. The monoisotopic (exact) mass is 563 g/mol. The number of hydrogen-bond acceptors (Lipinski definition) is 8. The van der Waals surface area contributed by atoms with Crippen LogP contribution in [0.3, 0.4) is 0 Å². The maximum absolute atomic E-state index is 12.8. The second-order valence-electron chi connectivity index (χ2n) is 6.46. The number of nitrogens with one attached hydrogen (secondary N) is 2. The van der Waals surface area contributed by atoms with Gasteiger partial charge in [-0.25, -0.2) is 13.1 Å². The molecule has 0 aromatic carbocycles. The number of amides is 1. The van der Waals surface area contributed by atoms with E-state index in [0.717, 1.165) is 12.5 Å². The van der Waals surface area contributed by atoms with Crippen LogP contribution in [-0.4, -0.2) is 60.1 Å². The molecule has 1 aliphatic heterocycles. The van der Waals surface area contributed by atoms with Gasteiger partial charge in [0.1, 0.15) is 0 Å². The molecule has 2 rings (SSSR count). The van der Waals surface area contributed by atoms with Crippen molar-refractivity contribution in [3.63, 3.8) is 0 Å². The van der Waals surface area contributed by atoms with Gasteiger partial charge in [0.25, 0.3) is 16.0 Å². The maximum atomic E-state index is 12.8. The Bertz CT molecular complexity index is 1080. The van der Waals surface area contributed by atoms with E-state index in [1.165, 1.54) is 11.7 Å². The predicted molar refractivity (Wildman–Crippen MR) is 113 cm³/mol. The van der Waals surface area contributed by atoms with Crippen LogP contribution in [0.25, 0.3) is 0 Å². The van der Waals surface area contributed by atoms with Crippen LogP contribution in [0.15, 0.2) is 4.79 Å². The number of pyridine rings is 1. The molecule has 1 aromatic rings. The average molecular weight is 563 g/mol. The minimum absolute atomic E-state index is 0.0810. The lowest BCUT2D eigenvalue weighted by molar-refractivity contribution is 0.0938. The number of carbonyl (C=O) groups excluding carboxylic acids is 1. The first kappa shape index (κ1) is 24.0. The van der Waals surface area contributed by atoms with Gasteiger partial charge in [-0.05, 0) is 35.9 Å². The Morgan fingerprint density at radius 2 is 1.90 bits per heavy atom. The summed E-state index contributed by atoms with van der Waals surface area (Å²) in [4.78, 5) is 25.5. The van der Waals surface area contributed by atoms with Crippen LogP contribution in [0.4, 0.5) is 0 Å². The Balaban J connectivity index is 2.78. The Labute approximate surface area is 182 Å². The van der Waals surface area contributed by atoms with E-state index in [-0.39, 0.29) is 40.3 Å². The summed E-state index contributed by atoms with van der Waals surface area (Å²) >= 11 is 1.76. The maximum Gasteiger partial charge on any atom is 0.271 e. The molecule has 29 heavy (non-hydrogen) atoms. The standard InChI is InChI=1S/C15H22IN3O8S2/c1-5-17-15(21)12-14(26-2)13(20)10(16)11-9(18-28(3,22)23)6-8(19(11)12)7-27-29(4,24)25/h8-9,18H,5-7H2,1-4H3,(H,17,21)/t8-,9?/m0/s1. The van der Waals surface area contributed by atoms with Gasteiger partial charge in [-0.3, -0.25) is 13.8 Å². The Hall–Kier alpha value is -1.23. The Kier molecular flexibility index (Phi) is 7.35. The molecule has 1 amide bonds. The summed E-state index contributed by atoms with van der Waals surface area (Å²) in [6.45, 7) is 1.62. The van der Waals surface area contributed by atoms with Crippen LogP contribution in [0.5, 0.6) is 5.75 Å². The van der Waals surface area contributed by atoms with Crippen LogP contribution in [0.1, 0.15) is 41.6 Å². The van der Waals surface area contributed by atoms with E-state index in [2.05, 4.69) is 10.0 Å². The van der Waals surface area contributed by atoms with Crippen molar-refractivity contribution in [2.75, 3.05) is 32.8 Å². The highest BCUT2D eigenvalue weighted by molar-refractivity contribution is 14.1. The van der Waals surface area contributed by atoms with E-state index in [1.54, 1.807) is 29.5 Å². The molecule has 1 unspecified atom stereocenters. The summed E-state index contributed by atoms with van der Waals surface area (Å²) in [5.74, 6) is -0.822. The van der Waals surface area contributed by atoms with E-state index in [1.807, 2.05) is 0 Å². The molecule has 0 aliphatic carbocycles. The van der Waals surface area contributed by atoms with Gasteiger partial charge in [0.15, 0.2) is 11.4 Å². The molecule has 0 spiro atoms. The van der Waals surface area contributed by atoms with Crippen molar-refractivity contribution in [2.45, 2.75) is 25.4 Å². The molecule has 1 aromatic heterocycles. The number of nitrogens with zero attached hydrogens (tertiary/aromatic N) is 1. The van der Waals surface area contributed by atoms with Crippen LogP contribution in [0.2, 0.25) is 0 Å². The van der Waals surface area contributed by atoms with E-state index in [9.17, 15) is 26.4 Å². The quantitative estimate of drug-likeness (QED) is 0.324. The predicted octanol–water partition coefficient (Wildman–Crippen LogP) is -0.277. The Morgan fingerprint density at radius 3 is 2.38 bits per heavy atom. The third kappa shape index (κ3) is 5.48. The number of halogens is 1. The van der Waals surface area contributed by atoms with Crippen molar-refractivity contribution in [3.05, 3.63) is 25.2 Å². The lowest BCUT2D eigenvalue weighted by atomic mass is 10.1. The van der Waals surface area contributed by atoms with Gasteiger partial charge in [0.2, 0.25) is 15.5 Å². The van der Waals surface area contributed by atoms with Gasteiger partial charge in [0, 0.05) is 6.54 Å². The van der Waals surface area contributed by atoms with E-state index in [0.29, 0.717) is 0 Å². The van der Waals surface area contributed by atoms with Gasteiger partial charge >= 0.3 is 0 Å². The number of fused-ring (bicyclic) bond motifs is 1. The number of ether oxygens (including phenoxy) is 1. The molecule has 2 N–H and O–H groups in total. The van der Waals surface area contributed by atoms with Crippen molar-refractivity contribution >= 4 is 48.6 Å². The van der Waals surface area contributed by atoms with Crippen LogP contribution >= 0.6 is 22.6 Å². The molecular weight excluding hydrogens is 541 g/mol. The van der Waals surface area contributed by atoms with E-state index < -0.39 is 43.6 Å². The van der Waals surface area contributed by atoms with Crippen molar-refractivity contribution in [1.29, 1.82) is 0 Å². The van der Waals surface area contributed by atoms with E-state index in [4.69, 9.17) is 8.92 Å². The first-order valence-electron chi connectivity index (χ1n) is 8.42. The second-order valence-corrected chi connectivity index (χ2v) is 11.0. The summed E-state index contributed by atoms with van der Waals surface area (Å²) in [7, 11) is -6.21. The number of carbonyl (C=O) groups is 1. The summed E-state index contributed by atoms with van der Waals surface area (Å²) in [6, 6.07) is -1.59. The molecule has 2 atom stereocenters. The second kappa shape index (κ2) is 8.87. The number of methoxy groups -OCH3 is 1. The van der Waals surface area contributed by atoms with Crippen LogP contribution < -0.4 is 20.2 Å². The SMILES string of the molecule is CCNC(=O)c1c(OC)c(=O)c(I)c2n1[C@H](COS(C)(=O)=O)CC2NS(C)(=O)=O. The third-order valence-electron chi connectivity index (χ3n) is 4.14. The number of hydrogen-bond donors (Lipinski definition) is 2. The minimum Gasteiger partial charge on any atom is -0.491 e. The van der Waals surface area contributed by atoms with Gasteiger partial charge in [0.05, 0.1) is 47.6 Å². The first-order valence-corrected chi connectivity index (χ1v) is 13.2. The molecule has 11 nitrogen and oxygen atoms in total. The van der Waals surface area contributed by atoms with Gasteiger partial charge < -0.3 is 14.6 Å². The summed E-state index contributed by atoms with van der Waals surface area (Å²) in [6.07, 6.45) is 1.93. The number of rotatable bonds is 8. The van der Waals surface area contributed by atoms with Crippen LogP contribution in [0, 0.1) is 3.57 Å². The minimum atomic E-state index is -3.79. The normalized spacial score (nSPS) is 19.1. The highest BCUT2D eigenvalue weighted by Crippen LogP contribution is 2.40. The summed E-state index contributed by atoms with van der Waals surface area (Å²) in [5.41, 5.74) is -0.426. The summed E-state index contributed by atoms with van der Waals surface area (Å²) in [5, 5.41) is 2.59. The van der Waals surface area contributed by atoms with Gasteiger partial charge in [-0.1, -0.05) is 0 Å². The van der Waals surface area contributed by atoms with Crippen molar-refractivity contribution in [1.82, 2.24) is 14.6 Å². The lowest BCUT2D eigenvalue weighted by Gasteiger charge is -2.22. The highest BCUT2D eigenvalue weighted by Gasteiger charge is 2.40. The zero-order chi connectivity index (χ0) is 22.1. The molecule has 0 saturated carbocycles. The van der Waals surface area contributed by atoms with Crippen molar-refractivity contribution in [3.8, 4) is 5.75 Å². The highest BCUT2D eigenvalue weighted by atomic mass is 127. The zero-order valence-electron chi connectivity index (χ0n) is 16.2. The molecule has 0 bridgehead atoms. The van der Waals surface area contributed by atoms with Crippen molar-refractivity contribution < 1.29 is 30.6 Å². The number of aromatic nitrogens is 1. The summed E-state index contributed by atoms with van der Waals surface area (Å²) < 4.78 is 60.7. The van der Waals surface area contributed by atoms with E-state index >= 15 is 0 Å². The van der Waals surface area contributed by atoms with Crippen molar-refractivity contribution in [2.24, 2.45) is 0 Å². The third-order valence-corrected chi connectivity index (χ3v) is 6.46. The molecule has 0 fully saturated rings. The molecular formula is C15H22IN3O8S2. The molecule has 1 aliphatic rings. The smallest absolute Gasteiger partial charge is 0.271 e. The first-order chi connectivity index (χ1) is 13.3. The molecule has 14 heteroatoms. The van der Waals surface area contributed by atoms with Gasteiger partial charge in [-0.15, -0.1) is 0 Å². The fourth-order valence-electron chi connectivity index (χ4n) is 3.20. The largest absolute Gasteiger partial charge is 0.491 e. The molecule has 164 valence electrons. The van der Waals surface area contributed by atoms with Gasteiger partial charge in [-0.2, -0.15) is 8.42 Å². The molecule has 2 heterocycles. The number of sulfonamides is 1. The average Bonchev–Trinajstić information content (AvgIpc) is 2.91. The van der Waals surface area contributed by atoms with Crippen LogP contribution in [-0.2, 0) is 24.3 Å². The zero-order valence-corrected chi connectivity index (χ0v) is 20.0. The molecule has 0 saturated heterocycles. The lowest BCUT2D eigenvalue weighted by Crippen LogP contribution is -2.34. The fraction of sp³-hybridized carbons (Fsp3) is 0.600.